The van der Waals surface area contributed by atoms with Crippen molar-refractivity contribution in [3.05, 3.63) is 29.3 Å². The van der Waals surface area contributed by atoms with Gasteiger partial charge in [0.25, 0.3) is 0 Å². The Bertz CT molecular complexity index is 657. The van der Waals surface area contributed by atoms with Gasteiger partial charge in [-0.1, -0.05) is 0 Å². The summed E-state index contributed by atoms with van der Waals surface area (Å²) < 4.78 is 65.0. The van der Waals surface area contributed by atoms with Crippen LogP contribution in [0.3, 0.4) is 0 Å². The summed E-state index contributed by atoms with van der Waals surface area (Å²) in [5.41, 5.74) is 4.80. The molecule has 1 unspecified atom stereocenters. The maximum Gasteiger partial charge on any atom is 0.416 e. The average Bonchev–Trinajstić information content (AvgIpc) is 2.46. The van der Waals surface area contributed by atoms with Gasteiger partial charge in [-0.15, -0.1) is 0 Å². The summed E-state index contributed by atoms with van der Waals surface area (Å²) in [6.07, 6.45) is -2.07. The fourth-order valence-electron chi connectivity index (χ4n) is 2.97. The molecular formula is C15H21F3N2O2S. The van der Waals surface area contributed by atoms with Gasteiger partial charge in [0.1, 0.15) is 0 Å². The molecule has 1 aliphatic rings. The molecule has 0 aromatic heterocycles. The molecule has 23 heavy (non-hydrogen) atoms. The van der Waals surface area contributed by atoms with E-state index in [2.05, 4.69) is 0 Å². The van der Waals surface area contributed by atoms with Gasteiger partial charge < -0.3 is 5.73 Å². The molecule has 1 atom stereocenters. The zero-order chi connectivity index (χ0) is 17.3. The lowest BCUT2D eigenvalue weighted by Gasteiger charge is -2.32. The first-order valence-electron chi connectivity index (χ1n) is 7.54. The minimum absolute atomic E-state index is 0.0566. The summed E-state index contributed by atoms with van der Waals surface area (Å²) in [5, 5.41) is 0. The predicted molar refractivity (Wildman–Crippen MR) is 81.3 cm³/mol. The second-order valence-corrected chi connectivity index (χ2v) is 7.83. The van der Waals surface area contributed by atoms with E-state index in [-0.39, 0.29) is 16.4 Å². The molecule has 0 aliphatic carbocycles. The number of hydrogen-bond donors (Lipinski definition) is 1. The van der Waals surface area contributed by atoms with Gasteiger partial charge in [-0.3, -0.25) is 0 Å². The molecule has 1 aromatic rings. The van der Waals surface area contributed by atoms with Crippen molar-refractivity contribution in [1.82, 2.24) is 4.31 Å². The molecule has 130 valence electrons. The molecular weight excluding hydrogens is 329 g/mol. The molecule has 1 heterocycles. The first-order chi connectivity index (χ1) is 10.7. The van der Waals surface area contributed by atoms with E-state index < -0.39 is 21.8 Å². The zero-order valence-corrected chi connectivity index (χ0v) is 13.8. The Balaban J connectivity index is 2.29. The van der Waals surface area contributed by atoms with E-state index in [1.165, 1.54) is 11.2 Å². The number of sulfonamides is 1. The summed E-state index contributed by atoms with van der Waals surface area (Å²) in [6.45, 7) is 2.66. The van der Waals surface area contributed by atoms with Crippen LogP contribution < -0.4 is 5.73 Å². The van der Waals surface area contributed by atoms with Crippen LogP contribution in [0.15, 0.2) is 23.1 Å². The number of nitrogens with zero attached hydrogens (tertiary/aromatic N) is 1. The van der Waals surface area contributed by atoms with Gasteiger partial charge in [0.2, 0.25) is 10.0 Å². The number of nitrogens with two attached hydrogens (primary N) is 1. The number of benzene rings is 1. The molecule has 0 amide bonds. The highest BCUT2D eigenvalue weighted by Gasteiger charge is 2.34. The minimum atomic E-state index is -4.48. The Morgan fingerprint density at radius 2 is 2.04 bits per heavy atom. The van der Waals surface area contributed by atoms with E-state index in [4.69, 9.17) is 5.73 Å². The maximum atomic E-state index is 12.7. The maximum absolute atomic E-state index is 12.7. The Labute approximate surface area is 134 Å². The molecule has 4 nitrogen and oxygen atoms in total. The normalized spacial score (nSPS) is 20.7. The standard InChI is InChI=1S/C15H21F3N2O2S/c1-11-9-13(15(16,17)18)4-5-14(11)23(21,22)20-8-2-3-12(10-20)6-7-19/h4-5,9,12H,2-3,6-8,10,19H2,1H3. The fourth-order valence-corrected chi connectivity index (χ4v) is 4.73. The molecule has 0 bridgehead atoms. The Hall–Kier alpha value is -1.12. The Kier molecular flexibility index (Phi) is 5.37. The third-order valence-corrected chi connectivity index (χ3v) is 6.20. The highest BCUT2D eigenvalue weighted by atomic mass is 32.2. The number of rotatable bonds is 4. The van der Waals surface area contributed by atoms with Crippen LogP contribution in [0.5, 0.6) is 0 Å². The van der Waals surface area contributed by atoms with E-state index in [0.717, 1.165) is 37.5 Å². The Morgan fingerprint density at radius 1 is 1.35 bits per heavy atom. The summed E-state index contributed by atoms with van der Waals surface area (Å²) >= 11 is 0. The summed E-state index contributed by atoms with van der Waals surface area (Å²) in [4.78, 5) is -0.0566. The number of hydrogen-bond acceptors (Lipinski definition) is 3. The lowest BCUT2D eigenvalue weighted by Crippen LogP contribution is -2.40. The molecule has 8 heteroatoms. The quantitative estimate of drug-likeness (QED) is 0.908. The summed E-state index contributed by atoms with van der Waals surface area (Å²) in [5.74, 6) is 0.207. The van der Waals surface area contributed by atoms with Crippen LogP contribution in [0.25, 0.3) is 0 Å². The van der Waals surface area contributed by atoms with E-state index >= 15 is 0 Å². The SMILES string of the molecule is Cc1cc(C(F)(F)F)ccc1S(=O)(=O)N1CCCC(CCN)C1. The van der Waals surface area contributed by atoms with Crippen molar-refractivity contribution in [2.45, 2.75) is 37.3 Å². The second-order valence-electron chi connectivity index (χ2n) is 5.93. The molecule has 2 rings (SSSR count). The van der Waals surface area contributed by atoms with Crippen molar-refractivity contribution in [2.75, 3.05) is 19.6 Å². The molecule has 2 N–H and O–H groups in total. The van der Waals surface area contributed by atoms with Crippen LogP contribution in [-0.2, 0) is 16.2 Å². The highest BCUT2D eigenvalue weighted by molar-refractivity contribution is 7.89. The summed E-state index contributed by atoms with van der Waals surface area (Å²) in [6, 6.07) is 2.76. The van der Waals surface area contributed by atoms with Crippen molar-refractivity contribution in [1.29, 1.82) is 0 Å². The molecule has 1 fully saturated rings. The molecule has 0 saturated carbocycles. The van der Waals surface area contributed by atoms with Gasteiger partial charge in [-0.25, -0.2) is 8.42 Å². The molecule has 1 aliphatic heterocycles. The van der Waals surface area contributed by atoms with Gasteiger partial charge in [0, 0.05) is 13.1 Å². The van der Waals surface area contributed by atoms with Crippen LogP contribution in [0.2, 0.25) is 0 Å². The van der Waals surface area contributed by atoms with Crippen molar-refractivity contribution in [3.63, 3.8) is 0 Å². The summed E-state index contributed by atoms with van der Waals surface area (Å²) in [7, 11) is -3.78. The average molecular weight is 350 g/mol. The predicted octanol–water partition coefficient (Wildman–Crippen LogP) is 2.76. The van der Waals surface area contributed by atoms with Gasteiger partial charge >= 0.3 is 6.18 Å². The van der Waals surface area contributed by atoms with Crippen molar-refractivity contribution in [2.24, 2.45) is 11.7 Å². The first-order valence-corrected chi connectivity index (χ1v) is 8.98. The zero-order valence-electron chi connectivity index (χ0n) is 12.9. The van der Waals surface area contributed by atoms with E-state index in [1.807, 2.05) is 0 Å². The molecule has 1 saturated heterocycles. The first kappa shape index (κ1) is 18.2. The van der Waals surface area contributed by atoms with Crippen molar-refractivity contribution in [3.8, 4) is 0 Å². The van der Waals surface area contributed by atoms with Crippen LogP contribution in [0, 0.1) is 12.8 Å². The van der Waals surface area contributed by atoms with E-state index in [0.29, 0.717) is 19.6 Å². The molecule has 0 spiro atoms. The van der Waals surface area contributed by atoms with Gasteiger partial charge in [-0.05, 0) is 62.4 Å². The lowest BCUT2D eigenvalue weighted by molar-refractivity contribution is -0.137. The van der Waals surface area contributed by atoms with Crippen molar-refractivity contribution >= 4 is 10.0 Å². The largest absolute Gasteiger partial charge is 0.416 e. The van der Waals surface area contributed by atoms with E-state index in [9.17, 15) is 21.6 Å². The number of piperidine rings is 1. The topological polar surface area (TPSA) is 63.4 Å². The van der Waals surface area contributed by atoms with Crippen LogP contribution >= 0.6 is 0 Å². The fraction of sp³-hybridized carbons (Fsp3) is 0.600. The van der Waals surface area contributed by atoms with E-state index in [1.54, 1.807) is 0 Å². The van der Waals surface area contributed by atoms with Gasteiger partial charge in [0.05, 0.1) is 10.5 Å². The second kappa shape index (κ2) is 6.78. The number of halogens is 3. The van der Waals surface area contributed by atoms with Crippen LogP contribution in [0.1, 0.15) is 30.4 Å². The van der Waals surface area contributed by atoms with Crippen LogP contribution in [-0.4, -0.2) is 32.4 Å². The monoisotopic (exact) mass is 350 g/mol. The molecule has 1 aromatic carbocycles. The Morgan fingerprint density at radius 3 is 2.61 bits per heavy atom. The lowest BCUT2D eigenvalue weighted by atomic mass is 9.96. The smallest absolute Gasteiger partial charge is 0.330 e. The highest BCUT2D eigenvalue weighted by Crippen LogP contribution is 2.33. The minimum Gasteiger partial charge on any atom is -0.330 e. The third-order valence-electron chi connectivity index (χ3n) is 4.18. The van der Waals surface area contributed by atoms with Crippen molar-refractivity contribution < 1.29 is 21.6 Å². The third kappa shape index (κ3) is 4.05. The number of aryl methyl sites for hydroxylation is 1. The van der Waals surface area contributed by atoms with Crippen LogP contribution in [0.4, 0.5) is 13.2 Å². The van der Waals surface area contributed by atoms with Gasteiger partial charge in [-0.2, -0.15) is 17.5 Å². The van der Waals surface area contributed by atoms with Gasteiger partial charge in [0.15, 0.2) is 0 Å². The molecule has 0 radical (unpaired) electrons. The number of alkyl halides is 3.